The number of nitrogens with zero attached hydrogens (tertiary/aromatic N) is 1. The van der Waals surface area contributed by atoms with Gasteiger partial charge in [-0.3, -0.25) is 14.5 Å². The minimum atomic E-state index is -0.118. The largest absolute Gasteiger partial charge is 0.497 e. The average molecular weight is 368 g/mol. The Balaban J connectivity index is 1.61. The highest BCUT2D eigenvalue weighted by atomic mass is 32.2. The molecule has 1 saturated carbocycles. The fraction of sp³-hybridized carbons (Fsp3) is 0.300. The van der Waals surface area contributed by atoms with E-state index in [1.807, 2.05) is 48.5 Å². The van der Waals surface area contributed by atoms with Gasteiger partial charge in [0.05, 0.1) is 12.9 Å². The van der Waals surface area contributed by atoms with Crippen molar-refractivity contribution in [2.75, 3.05) is 23.1 Å². The minimum Gasteiger partial charge on any atom is -0.497 e. The van der Waals surface area contributed by atoms with Crippen molar-refractivity contribution < 1.29 is 14.3 Å². The molecule has 1 aliphatic heterocycles. The Hall–Kier alpha value is -2.47. The van der Waals surface area contributed by atoms with Gasteiger partial charge in [0, 0.05) is 23.4 Å². The molecule has 2 fully saturated rings. The van der Waals surface area contributed by atoms with E-state index in [2.05, 4.69) is 5.32 Å². The SMILES string of the molecule is COc1cccc(N2C(=O)CS[C@H]2c2cccc(NC(=O)C3CC3)c2)c1. The molecule has 2 aliphatic rings. The van der Waals surface area contributed by atoms with E-state index in [0.717, 1.165) is 35.5 Å². The predicted octanol–water partition coefficient (Wildman–Crippen LogP) is 3.82. The molecule has 1 N–H and O–H groups in total. The molecule has 1 saturated heterocycles. The number of carbonyl (C=O) groups excluding carboxylic acids is 2. The summed E-state index contributed by atoms with van der Waals surface area (Å²) in [4.78, 5) is 26.3. The summed E-state index contributed by atoms with van der Waals surface area (Å²) < 4.78 is 5.29. The molecule has 134 valence electrons. The highest BCUT2D eigenvalue weighted by Crippen LogP contribution is 2.43. The van der Waals surface area contributed by atoms with Crippen molar-refractivity contribution in [3.05, 3.63) is 54.1 Å². The molecule has 0 radical (unpaired) electrons. The molecule has 0 aromatic heterocycles. The fourth-order valence-electron chi connectivity index (χ4n) is 3.07. The Kier molecular flexibility index (Phi) is 4.59. The molecule has 5 nitrogen and oxygen atoms in total. The highest BCUT2D eigenvalue weighted by Gasteiger charge is 2.34. The van der Waals surface area contributed by atoms with Crippen molar-refractivity contribution in [1.82, 2.24) is 0 Å². The summed E-state index contributed by atoms with van der Waals surface area (Å²) in [5.41, 5.74) is 2.60. The van der Waals surface area contributed by atoms with E-state index < -0.39 is 0 Å². The lowest BCUT2D eigenvalue weighted by Gasteiger charge is -2.25. The summed E-state index contributed by atoms with van der Waals surface area (Å²) in [5.74, 6) is 1.47. The second-order valence-electron chi connectivity index (χ2n) is 6.52. The van der Waals surface area contributed by atoms with Crippen LogP contribution in [0.4, 0.5) is 11.4 Å². The third-order valence-electron chi connectivity index (χ3n) is 4.59. The summed E-state index contributed by atoms with van der Waals surface area (Å²) >= 11 is 1.59. The molecular formula is C20H20N2O3S. The summed E-state index contributed by atoms with van der Waals surface area (Å²) in [6.45, 7) is 0. The topological polar surface area (TPSA) is 58.6 Å². The smallest absolute Gasteiger partial charge is 0.238 e. The first-order chi connectivity index (χ1) is 12.7. The van der Waals surface area contributed by atoms with Gasteiger partial charge >= 0.3 is 0 Å². The van der Waals surface area contributed by atoms with Crippen LogP contribution in [0.15, 0.2) is 48.5 Å². The van der Waals surface area contributed by atoms with E-state index in [0.29, 0.717) is 5.75 Å². The van der Waals surface area contributed by atoms with Crippen LogP contribution < -0.4 is 15.0 Å². The second-order valence-corrected chi connectivity index (χ2v) is 7.59. The molecule has 2 aromatic rings. The molecule has 0 spiro atoms. The number of hydrogen-bond acceptors (Lipinski definition) is 4. The number of nitrogens with one attached hydrogen (secondary N) is 1. The van der Waals surface area contributed by atoms with Crippen LogP contribution in [-0.2, 0) is 9.59 Å². The maximum absolute atomic E-state index is 12.5. The van der Waals surface area contributed by atoms with Crippen molar-refractivity contribution in [3.63, 3.8) is 0 Å². The standard InChI is InChI=1S/C20H20N2O3S/c1-25-17-7-3-6-16(11-17)22-18(23)12-26-20(22)14-4-2-5-15(10-14)21-19(24)13-8-9-13/h2-7,10-11,13,20H,8-9,12H2,1H3,(H,21,24)/t20-/m0/s1. The van der Waals surface area contributed by atoms with Crippen LogP contribution >= 0.6 is 11.8 Å². The van der Waals surface area contributed by atoms with Crippen LogP contribution in [0.5, 0.6) is 5.75 Å². The zero-order valence-corrected chi connectivity index (χ0v) is 15.3. The zero-order chi connectivity index (χ0) is 18.1. The highest BCUT2D eigenvalue weighted by molar-refractivity contribution is 8.00. The lowest BCUT2D eigenvalue weighted by Crippen LogP contribution is -2.27. The maximum atomic E-state index is 12.5. The molecule has 0 bridgehead atoms. The van der Waals surface area contributed by atoms with Gasteiger partial charge in [-0.05, 0) is 42.7 Å². The van der Waals surface area contributed by atoms with Crippen LogP contribution in [0, 0.1) is 5.92 Å². The molecular weight excluding hydrogens is 348 g/mol. The van der Waals surface area contributed by atoms with Crippen LogP contribution in [0.2, 0.25) is 0 Å². The Morgan fingerprint density at radius 3 is 2.77 bits per heavy atom. The Morgan fingerprint density at radius 1 is 1.19 bits per heavy atom. The third kappa shape index (κ3) is 3.42. The summed E-state index contributed by atoms with van der Waals surface area (Å²) in [7, 11) is 1.61. The molecule has 0 unspecified atom stereocenters. The van der Waals surface area contributed by atoms with Crippen LogP contribution in [0.25, 0.3) is 0 Å². The molecule has 2 aromatic carbocycles. The van der Waals surface area contributed by atoms with Crippen molar-refractivity contribution in [1.29, 1.82) is 0 Å². The van der Waals surface area contributed by atoms with Gasteiger partial charge < -0.3 is 10.1 Å². The number of ether oxygens (including phenoxy) is 1. The van der Waals surface area contributed by atoms with Crippen LogP contribution in [-0.4, -0.2) is 24.7 Å². The van der Waals surface area contributed by atoms with Gasteiger partial charge in [-0.2, -0.15) is 0 Å². The van der Waals surface area contributed by atoms with Crippen molar-refractivity contribution >= 4 is 35.0 Å². The lowest BCUT2D eigenvalue weighted by atomic mass is 10.1. The number of methoxy groups -OCH3 is 1. The summed E-state index contributed by atoms with van der Waals surface area (Å²) in [6.07, 6.45) is 1.95. The minimum absolute atomic E-state index is 0.0701. The monoisotopic (exact) mass is 368 g/mol. The number of carbonyl (C=O) groups is 2. The van der Waals surface area contributed by atoms with E-state index in [1.165, 1.54) is 0 Å². The van der Waals surface area contributed by atoms with Gasteiger partial charge in [0.2, 0.25) is 11.8 Å². The average Bonchev–Trinajstić information content (AvgIpc) is 3.44. The quantitative estimate of drug-likeness (QED) is 0.872. The number of rotatable bonds is 5. The molecule has 1 heterocycles. The number of hydrogen-bond donors (Lipinski definition) is 1. The van der Waals surface area contributed by atoms with Gasteiger partial charge in [-0.1, -0.05) is 18.2 Å². The number of thioether (sulfide) groups is 1. The first-order valence-corrected chi connectivity index (χ1v) is 9.69. The van der Waals surface area contributed by atoms with E-state index in [-0.39, 0.29) is 23.1 Å². The first kappa shape index (κ1) is 17.0. The van der Waals surface area contributed by atoms with Gasteiger partial charge in [-0.25, -0.2) is 0 Å². The molecule has 2 amide bonds. The Labute approximate surface area is 156 Å². The summed E-state index contributed by atoms with van der Waals surface area (Å²) in [5, 5.41) is 2.86. The van der Waals surface area contributed by atoms with Gasteiger partial charge in [0.15, 0.2) is 0 Å². The molecule has 6 heteroatoms. The van der Waals surface area contributed by atoms with Gasteiger partial charge in [-0.15, -0.1) is 11.8 Å². The number of benzene rings is 2. The van der Waals surface area contributed by atoms with Crippen molar-refractivity contribution in [2.45, 2.75) is 18.2 Å². The van der Waals surface area contributed by atoms with Crippen molar-refractivity contribution in [3.8, 4) is 5.75 Å². The maximum Gasteiger partial charge on any atom is 0.238 e. The first-order valence-electron chi connectivity index (χ1n) is 8.64. The van der Waals surface area contributed by atoms with Gasteiger partial charge in [0.1, 0.15) is 11.1 Å². The lowest BCUT2D eigenvalue weighted by molar-refractivity contribution is -0.117. The van der Waals surface area contributed by atoms with Crippen LogP contribution in [0.3, 0.4) is 0 Å². The molecule has 1 atom stereocenters. The summed E-state index contributed by atoms with van der Waals surface area (Å²) in [6, 6.07) is 15.3. The normalized spacial score (nSPS) is 19.5. The molecule has 4 rings (SSSR count). The molecule has 26 heavy (non-hydrogen) atoms. The molecule has 1 aliphatic carbocycles. The van der Waals surface area contributed by atoms with E-state index in [1.54, 1.807) is 23.8 Å². The fourth-order valence-corrected chi connectivity index (χ4v) is 4.24. The second kappa shape index (κ2) is 7.03. The van der Waals surface area contributed by atoms with Crippen molar-refractivity contribution in [2.24, 2.45) is 5.92 Å². The number of anilines is 2. The van der Waals surface area contributed by atoms with E-state index in [4.69, 9.17) is 4.74 Å². The predicted molar refractivity (Wildman–Crippen MR) is 103 cm³/mol. The van der Waals surface area contributed by atoms with Gasteiger partial charge in [0.25, 0.3) is 0 Å². The third-order valence-corrected chi connectivity index (χ3v) is 5.80. The number of amides is 2. The van der Waals surface area contributed by atoms with E-state index >= 15 is 0 Å². The zero-order valence-electron chi connectivity index (χ0n) is 14.5. The van der Waals surface area contributed by atoms with E-state index in [9.17, 15) is 9.59 Å². The Morgan fingerprint density at radius 2 is 2.00 bits per heavy atom. The Bertz CT molecular complexity index is 850. The van der Waals surface area contributed by atoms with Crippen LogP contribution in [0.1, 0.15) is 23.8 Å².